The van der Waals surface area contributed by atoms with Crippen LogP contribution in [0.15, 0.2) is 18.2 Å². The fourth-order valence-corrected chi connectivity index (χ4v) is 4.25. The molecule has 0 radical (unpaired) electrons. The minimum absolute atomic E-state index is 0.146. The van der Waals surface area contributed by atoms with Gasteiger partial charge in [-0.25, -0.2) is 8.42 Å². The van der Waals surface area contributed by atoms with Crippen LogP contribution in [0, 0.1) is 6.92 Å². The van der Waals surface area contributed by atoms with Gasteiger partial charge in [-0.05, 0) is 43.5 Å². The van der Waals surface area contributed by atoms with Crippen molar-refractivity contribution < 1.29 is 13.2 Å². The summed E-state index contributed by atoms with van der Waals surface area (Å²) in [5, 5.41) is 3.53. The Kier molecular flexibility index (Phi) is 6.52. The average molecular weight is 373 g/mol. The number of aryl methyl sites for hydroxylation is 1. The van der Waals surface area contributed by atoms with Gasteiger partial charge in [-0.2, -0.15) is 0 Å². The van der Waals surface area contributed by atoms with Crippen LogP contribution < -0.4 is 9.62 Å². The molecule has 7 heteroatoms. The maximum Gasteiger partial charge on any atom is 0.240 e. The van der Waals surface area contributed by atoms with Crippen LogP contribution in [-0.4, -0.2) is 33.2 Å². The molecular formula is C17H25ClN2O3S. The number of benzene rings is 1. The van der Waals surface area contributed by atoms with E-state index >= 15 is 0 Å². The smallest absolute Gasteiger partial charge is 0.240 e. The highest BCUT2D eigenvalue weighted by Crippen LogP contribution is 2.25. The molecule has 0 atom stereocenters. The number of amides is 1. The zero-order valence-electron chi connectivity index (χ0n) is 14.2. The lowest BCUT2D eigenvalue weighted by molar-refractivity contribution is -0.120. The SMILES string of the molecule is Cc1cc(Cl)ccc1N(CC(=O)NC1CCCCCC1)S(C)(=O)=O. The van der Waals surface area contributed by atoms with E-state index in [1.54, 1.807) is 25.1 Å². The highest BCUT2D eigenvalue weighted by atomic mass is 35.5. The lowest BCUT2D eigenvalue weighted by Gasteiger charge is -2.25. The van der Waals surface area contributed by atoms with Gasteiger partial charge in [0.1, 0.15) is 6.54 Å². The Morgan fingerprint density at radius 3 is 2.42 bits per heavy atom. The van der Waals surface area contributed by atoms with Gasteiger partial charge in [0.05, 0.1) is 11.9 Å². The van der Waals surface area contributed by atoms with Crippen LogP contribution in [-0.2, 0) is 14.8 Å². The Morgan fingerprint density at radius 1 is 1.25 bits per heavy atom. The molecule has 134 valence electrons. The molecule has 1 amide bonds. The van der Waals surface area contributed by atoms with Crippen molar-refractivity contribution in [3.63, 3.8) is 0 Å². The molecular weight excluding hydrogens is 348 g/mol. The van der Waals surface area contributed by atoms with Gasteiger partial charge >= 0.3 is 0 Å². The lowest BCUT2D eigenvalue weighted by Crippen LogP contribution is -2.44. The minimum atomic E-state index is -3.57. The minimum Gasteiger partial charge on any atom is -0.352 e. The van der Waals surface area contributed by atoms with Crippen molar-refractivity contribution in [2.75, 3.05) is 17.1 Å². The summed E-state index contributed by atoms with van der Waals surface area (Å²) in [5.74, 6) is -0.262. The van der Waals surface area contributed by atoms with Gasteiger partial charge < -0.3 is 5.32 Å². The first-order valence-electron chi connectivity index (χ1n) is 8.30. The molecule has 1 saturated carbocycles. The van der Waals surface area contributed by atoms with Gasteiger partial charge in [0.15, 0.2) is 0 Å². The number of nitrogens with zero attached hydrogens (tertiary/aromatic N) is 1. The number of anilines is 1. The maximum absolute atomic E-state index is 12.4. The van der Waals surface area contributed by atoms with Gasteiger partial charge in [0.2, 0.25) is 15.9 Å². The molecule has 1 aliphatic rings. The molecule has 0 unspecified atom stereocenters. The zero-order chi connectivity index (χ0) is 17.7. The van der Waals surface area contributed by atoms with Crippen molar-refractivity contribution >= 4 is 33.2 Å². The Balaban J connectivity index is 2.13. The first kappa shape index (κ1) is 19.1. The van der Waals surface area contributed by atoms with Gasteiger partial charge in [-0.3, -0.25) is 9.10 Å². The van der Waals surface area contributed by atoms with E-state index in [1.807, 2.05) is 0 Å². The molecule has 1 aliphatic carbocycles. The van der Waals surface area contributed by atoms with Crippen LogP contribution in [0.25, 0.3) is 0 Å². The van der Waals surface area contributed by atoms with E-state index in [-0.39, 0.29) is 18.5 Å². The molecule has 0 aromatic heterocycles. The van der Waals surface area contributed by atoms with Crippen LogP contribution in [0.2, 0.25) is 5.02 Å². The van der Waals surface area contributed by atoms with Gasteiger partial charge in [0.25, 0.3) is 0 Å². The fraction of sp³-hybridized carbons (Fsp3) is 0.588. The Hall–Kier alpha value is -1.27. The molecule has 1 aromatic carbocycles. The van der Waals surface area contributed by atoms with E-state index in [1.165, 1.54) is 12.8 Å². The molecule has 0 aliphatic heterocycles. The van der Waals surface area contributed by atoms with Crippen molar-refractivity contribution in [3.8, 4) is 0 Å². The van der Waals surface area contributed by atoms with Gasteiger partial charge in [-0.15, -0.1) is 0 Å². The Labute approximate surface area is 149 Å². The normalized spacial score (nSPS) is 16.5. The molecule has 1 aromatic rings. The molecule has 24 heavy (non-hydrogen) atoms. The number of rotatable bonds is 5. The summed E-state index contributed by atoms with van der Waals surface area (Å²) in [6.45, 7) is 1.57. The Morgan fingerprint density at radius 2 is 1.88 bits per heavy atom. The Bertz CT molecular complexity index is 683. The summed E-state index contributed by atoms with van der Waals surface area (Å²) < 4.78 is 25.5. The third kappa shape index (κ3) is 5.38. The van der Waals surface area contributed by atoms with E-state index < -0.39 is 10.0 Å². The van der Waals surface area contributed by atoms with E-state index in [2.05, 4.69) is 5.32 Å². The highest BCUT2D eigenvalue weighted by molar-refractivity contribution is 7.92. The predicted molar refractivity (Wildman–Crippen MR) is 98.0 cm³/mol. The molecule has 1 N–H and O–H groups in total. The third-order valence-electron chi connectivity index (χ3n) is 4.34. The van der Waals surface area contributed by atoms with Crippen LogP contribution in [0.1, 0.15) is 44.1 Å². The van der Waals surface area contributed by atoms with Crippen molar-refractivity contribution in [3.05, 3.63) is 28.8 Å². The fourth-order valence-electron chi connectivity index (χ4n) is 3.11. The number of carbonyl (C=O) groups excluding carboxylic acids is 1. The first-order valence-corrected chi connectivity index (χ1v) is 10.5. The monoisotopic (exact) mass is 372 g/mol. The highest BCUT2D eigenvalue weighted by Gasteiger charge is 2.24. The van der Waals surface area contributed by atoms with Gasteiger partial charge in [0, 0.05) is 11.1 Å². The second-order valence-electron chi connectivity index (χ2n) is 6.46. The zero-order valence-corrected chi connectivity index (χ0v) is 15.8. The van der Waals surface area contributed by atoms with Crippen molar-refractivity contribution in [2.24, 2.45) is 0 Å². The lowest BCUT2D eigenvalue weighted by atomic mass is 10.1. The molecule has 0 bridgehead atoms. The molecule has 5 nitrogen and oxygen atoms in total. The van der Waals surface area contributed by atoms with E-state index in [0.717, 1.165) is 41.8 Å². The van der Waals surface area contributed by atoms with Gasteiger partial charge in [-0.1, -0.05) is 37.3 Å². The van der Waals surface area contributed by atoms with Crippen LogP contribution in [0.5, 0.6) is 0 Å². The van der Waals surface area contributed by atoms with Crippen molar-refractivity contribution in [2.45, 2.75) is 51.5 Å². The largest absolute Gasteiger partial charge is 0.352 e. The number of hydrogen-bond acceptors (Lipinski definition) is 3. The molecule has 0 saturated heterocycles. The molecule has 0 heterocycles. The van der Waals surface area contributed by atoms with E-state index in [0.29, 0.717) is 10.7 Å². The van der Waals surface area contributed by atoms with E-state index in [4.69, 9.17) is 11.6 Å². The number of sulfonamides is 1. The molecule has 1 fully saturated rings. The number of carbonyl (C=O) groups is 1. The average Bonchev–Trinajstić information content (AvgIpc) is 2.73. The second-order valence-corrected chi connectivity index (χ2v) is 8.80. The van der Waals surface area contributed by atoms with Crippen LogP contribution in [0.4, 0.5) is 5.69 Å². The molecule has 0 spiro atoms. The van der Waals surface area contributed by atoms with Crippen molar-refractivity contribution in [1.82, 2.24) is 5.32 Å². The maximum atomic E-state index is 12.4. The third-order valence-corrected chi connectivity index (χ3v) is 5.70. The second kappa shape index (κ2) is 8.21. The predicted octanol–water partition coefficient (Wildman–Crippen LogP) is 3.25. The summed E-state index contributed by atoms with van der Waals surface area (Å²) in [6.07, 6.45) is 7.65. The standard InChI is InChI=1S/C17H25ClN2O3S/c1-13-11-14(18)9-10-16(13)20(24(2,22)23)12-17(21)19-15-7-5-3-4-6-8-15/h9-11,15H,3-8,12H2,1-2H3,(H,19,21). The topological polar surface area (TPSA) is 66.5 Å². The number of halogens is 1. The number of nitrogens with one attached hydrogen (secondary N) is 1. The van der Waals surface area contributed by atoms with E-state index in [9.17, 15) is 13.2 Å². The first-order chi connectivity index (χ1) is 11.3. The summed E-state index contributed by atoms with van der Waals surface area (Å²) in [6, 6.07) is 5.11. The summed E-state index contributed by atoms with van der Waals surface area (Å²) in [4.78, 5) is 12.4. The quantitative estimate of drug-likeness (QED) is 0.807. The van der Waals surface area contributed by atoms with Crippen LogP contribution >= 0.6 is 11.6 Å². The van der Waals surface area contributed by atoms with Crippen LogP contribution in [0.3, 0.4) is 0 Å². The van der Waals surface area contributed by atoms with Crippen molar-refractivity contribution in [1.29, 1.82) is 0 Å². The number of hydrogen-bond donors (Lipinski definition) is 1. The summed E-state index contributed by atoms with van der Waals surface area (Å²) in [5.41, 5.74) is 1.20. The molecule has 2 rings (SSSR count). The summed E-state index contributed by atoms with van der Waals surface area (Å²) in [7, 11) is -3.57. The summed E-state index contributed by atoms with van der Waals surface area (Å²) >= 11 is 5.94.